The number of hydrogen-bond acceptors (Lipinski definition) is 3. The minimum Gasteiger partial charge on any atom is -0.342 e. The monoisotopic (exact) mass is 370 g/mol. The Morgan fingerprint density at radius 2 is 2.04 bits per heavy atom. The van der Waals surface area contributed by atoms with Gasteiger partial charge in [-0.15, -0.1) is 17.9 Å². The molecule has 0 bridgehead atoms. The number of thiazole rings is 1. The van der Waals surface area contributed by atoms with Crippen molar-refractivity contribution < 1.29 is 4.79 Å². The summed E-state index contributed by atoms with van der Waals surface area (Å²) in [5.41, 5.74) is 1.00. The number of rotatable bonds is 8. The van der Waals surface area contributed by atoms with Gasteiger partial charge in [0.25, 0.3) is 0 Å². The van der Waals surface area contributed by atoms with Gasteiger partial charge < -0.3 is 4.90 Å². The second-order valence-corrected chi connectivity index (χ2v) is 8.34. The summed E-state index contributed by atoms with van der Waals surface area (Å²) in [6, 6.07) is 8.19. The third kappa shape index (κ3) is 4.35. The summed E-state index contributed by atoms with van der Waals surface area (Å²) in [7, 11) is 0. The molecule has 0 spiro atoms. The van der Waals surface area contributed by atoms with Crippen molar-refractivity contribution >= 4 is 27.5 Å². The Hall–Kier alpha value is -1.68. The molecule has 1 aromatic heterocycles. The van der Waals surface area contributed by atoms with Crippen LogP contribution in [0.5, 0.6) is 0 Å². The zero-order valence-corrected chi connectivity index (χ0v) is 16.6. The van der Waals surface area contributed by atoms with E-state index in [9.17, 15) is 4.79 Å². The number of para-hydroxylation sites is 1. The fourth-order valence-electron chi connectivity index (χ4n) is 3.86. The van der Waals surface area contributed by atoms with E-state index in [4.69, 9.17) is 4.98 Å². The molecule has 0 N–H and O–H groups in total. The summed E-state index contributed by atoms with van der Waals surface area (Å²) in [6.07, 6.45) is 10.0. The van der Waals surface area contributed by atoms with E-state index < -0.39 is 0 Å². The normalized spacial score (nSPS) is 17.2. The van der Waals surface area contributed by atoms with E-state index in [0.29, 0.717) is 0 Å². The lowest BCUT2D eigenvalue weighted by Crippen LogP contribution is -2.40. The topological polar surface area (TPSA) is 33.2 Å². The van der Waals surface area contributed by atoms with Crippen LogP contribution in [-0.2, 0) is 4.79 Å². The molecule has 1 saturated heterocycles. The Kier molecular flexibility index (Phi) is 6.84. The summed E-state index contributed by atoms with van der Waals surface area (Å²) in [6.45, 7) is 8.06. The van der Waals surface area contributed by atoms with Crippen molar-refractivity contribution in [2.45, 2.75) is 57.8 Å². The molecule has 4 heteroatoms. The lowest BCUT2D eigenvalue weighted by molar-refractivity contribution is -0.134. The zero-order chi connectivity index (χ0) is 18.4. The summed E-state index contributed by atoms with van der Waals surface area (Å²) in [5.74, 6) is 0.238. The van der Waals surface area contributed by atoms with Crippen molar-refractivity contribution in [1.29, 1.82) is 0 Å². The van der Waals surface area contributed by atoms with Crippen LogP contribution in [0.2, 0.25) is 0 Å². The van der Waals surface area contributed by atoms with Gasteiger partial charge in [0, 0.05) is 13.1 Å². The first-order valence-electron chi connectivity index (χ1n) is 10.0. The number of amides is 1. The van der Waals surface area contributed by atoms with Gasteiger partial charge in [-0.3, -0.25) is 4.79 Å². The molecular formula is C22H30N2OS. The smallest absolute Gasteiger partial charge is 0.233 e. The lowest BCUT2D eigenvalue weighted by Gasteiger charge is -2.32. The average molecular weight is 371 g/mol. The predicted molar refractivity (Wildman–Crippen MR) is 111 cm³/mol. The molecule has 140 valence electrons. The van der Waals surface area contributed by atoms with Gasteiger partial charge in [-0.1, -0.05) is 44.4 Å². The van der Waals surface area contributed by atoms with E-state index in [1.54, 1.807) is 11.3 Å². The van der Waals surface area contributed by atoms with Gasteiger partial charge in [0.2, 0.25) is 5.91 Å². The molecular weight excluding hydrogens is 340 g/mol. The number of carbonyl (C=O) groups is 1. The van der Waals surface area contributed by atoms with Crippen molar-refractivity contribution in [3.8, 4) is 0 Å². The van der Waals surface area contributed by atoms with E-state index in [-0.39, 0.29) is 17.7 Å². The number of hydrogen-bond donors (Lipinski definition) is 0. The van der Waals surface area contributed by atoms with Gasteiger partial charge in [0.1, 0.15) is 5.01 Å². The number of aromatic nitrogens is 1. The van der Waals surface area contributed by atoms with E-state index in [1.165, 1.54) is 19.3 Å². The maximum Gasteiger partial charge on any atom is 0.233 e. The highest BCUT2D eigenvalue weighted by atomic mass is 32.1. The number of allylic oxidation sites excluding steroid dienone is 1. The van der Waals surface area contributed by atoms with Crippen LogP contribution in [-0.4, -0.2) is 28.9 Å². The molecule has 0 radical (unpaired) electrons. The van der Waals surface area contributed by atoms with Gasteiger partial charge in [0.15, 0.2) is 0 Å². The first-order chi connectivity index (χ1) is 12.7. The third-order valence-corrected chi connectivity index (χ3v) is 6.50. The van der Waals surface area contributed by atoms with Crippen molar-refractivity contribution in [3.05, 3.63) is 41.9 Å². The lowest BCUT2D eigenvalue weighted by atomic mass is 9.86. The van der Waals surface area contributed by atoms with E-state index >= 15 is 0 Å². The number of piperidine rings is 1. The number of carbonyl (C=O) groups excluding carboxylic acids is 1. The second-order valence-electron chi connectivity index (χ2n) is 7.28. The number of likely N-dealkylation sites (tertiary alicyclic amines) is 1. The van der Waals surface area contributed by atoms with Gasteiger partial charge in [-0.05, 0) is 43.7 Å². The molecule has 0 saturated carbocycles. The first-order valence-corrected chi connectivity index (χ1v) is 10.8. The molecule has 3 rings (SSSR count). The highest BCUT2D eigenvalue weighted by molar-refractivity contribution is 7.18. The summed E-state index contributed by atoms with van der Waals surface area (Å²) in [4.78, 5) is 20.4. The van der Waals surface area contributed by atoms with Gasteiger partial charge >= 0.3 is 0 Å². The molecule has 3 nitrogen and oxygen atoms in total. The van der Waals surface area contributed by atoms with E-state index in [2.05, 4.69) is 24.5 Å². The second kappa shape index (κ2) is 9.31. The molecule has 0 unspecified atom stereocenters. The van der Waals surface area contributed by atoms with Crippen LogP contribution in [0.25, 0.3) is 10.2 Å². The molecule has 1 aromatic carbocycles. The SMILES string of the molecule is C=C[C@H](CCCCC)[C@H](C(=O)N1CCCCC1)c1nc2ccccc2s1. The Bertz CT molecular complexity index is 700. The first kappa shape index (κ1) is 19.1. The molecule has 1 aliphatic rings. The van der Waals surface area contributed by atoms with Crippen LogP contribution in [0, 0.1) is 5.92 Å². The Morgan fingerprint density at radius 3 is 2.73 bits per heavy atom. The van der Waals surface area contributed by atoms with Crippen LogP contribution in [0.3, 0.4) is 0 Å². The van der Waals surface area contributed by atoms with Gasteiger partial charge in [0.05, 0.1) is 16.1 Å². The van der Waals surface area contributed by atoms with Crippen molar-refractivity contribution in [2.75, 3.05) is 13.1 Å². The number of fused-ring (bicyclic) bond motifs is 1. The maximum absolute atomic E-state index is 13.5. The fraction of sp³-hybridized carbons (Fsp3) is 0.545. The molecule has 2 aromatic rings. The van der Waals surface area contributed by atoms with Crippen LogP contribution in [0.4, 0.5) is 0 Å². The standard InChI is InChI=1S/C22H30N2OS/c1-3-5-7-12-17(4-2)20(22(25)24-15-10-6-11-16-24)21-23-18-13-8-9-14-19(18)26-21/h4,8-9,13-14,17,20H,2-3,5-7,10-12,15-16H2,1H3/t17-,20+/m1/s1. The molecule has 1 aliphatic heterocycles. The quantitative estimate of drug-likeness (QED) is 0.436. The summed E-state index contributed by atoms with van der Waals surface area (Å²) < 4.78 is 1.16. The largest absolute Gasteiger partial charge is 0.342 e. The fourth-order valence-corrected chi connectivity index (χ4v) is 4.99. The van der Waals surface area contributed by atoms with Crippen molar-refractivity contribution in [1.82, 2.24) is 9.88 Å². The number of nitrogens with zero attached hydrogens (tertiary/aromatic N) is 2. The summed E-state index contributed by atoms with van der Waals surface area (Å²) >= 11 is 1.67. The van der Waals surface area contributed by atoms with Crippen LogP contribution in [0.15, 0.2) is 36.9 Å². The molecule has 1 fully saturated rings. The van der Waals surface area contributed by atoms with Gasteiger partial charge in [-0.2, -0.15) is 0 Å². The average Bonchev–Trinajstić information content (AvgIpc) is 3.11. The molecule has 0 aliphatic carbocycles. The van der Waals surface area contributed by atoms with E-state index in [0.717, 1.165) is 54.0 Å². The van der Waals surface area contributed by atoms with Gasteiger partial charge in [-0.25, -0.2) is 4.98 Å². The Balaban J connectivity index is 1.91. The van der Waals surface area contributed by atoms with Crippen molar-refractivity contribution in [2.24, 2.45) is 5.92 Å². The zero-order valence-electron chi connectivity index (χ0n) is 15.8. The van der Waals surface area contributed by atoms with Crippen LogP contribution >= 0.6 is 11.3 Å². The summed E-state index contributed by atoms with van der Waals surface area (Å²) in [5, 5.41) is 0.961. The molecule has 2 heterocycles. The van der Waals surface area contributed by atoms with Crippen LogP contribution < -0.4 is 0 Å². The highest BCUT2D eigenvalue weighted by Crippen LogP contribution is 2.36. The van der Waals surface area contributed by atoms with Crippen LogP contribution in [0.1, 0.15) is 62.8 Å². The van der Waals surface area contributed by atoms with E-state index in [1.807, 2.05) is 24.3 Å². The number of benzene rings is 1. The minimum absolute atomic E-state index is 0.163. The molecule has 26 heavy (non-hydrogen) atoms. The number of unbranched alkanes of at least 4 members (excludes halogenated alkanes) is 2. The Labute approximate surface area is 161 Å². The molecule has 1 amide bonds. The maximum atomic E-state index is 13.5. The third-order valence-electron chi connectivity index (χ3n) is 5.38. The van der Waals surface area contributed by atoms with Crippen molar-refractivity contribution in [3.63, 3.8) is 0 Å². The molecule has 2 atom stereocenters. The predicted octanol–water partition coefficient (Wildman–Crippen LogP) is 5.77. The minimum atomic E-state index is -0.181. The Morgan fingerprint density at radius 1 is 1.27 bits per heavy atom. The highest BCUT2D eigenvalue weighted by Gasteiger charge is 2.34.